The van der Waals surface area contributed by atoms with E-state index in [2.05, 4.69) is 0 Å². The van der Waals surface area contributed by atoms with E-state index in [1.165, 1.54) is 0 Å². The summed E-state index contributed by atoms with van der Waals surface area (Å²) in [5.41, 5.74) is 1.59. The van der Waals surface area contributed by atoms with Crippen molar-refractivity contribution in [3.8, 4) is 0 Å². The second-order valence-electron chi connectivity index (χ2n) is 7.63. The number of hydrogen-bond acceptors (Lipinski definition) is 6. The first-order valence-electron chi connectivity index (χ1n) is 10.2. The number of rotatable bonds is 6. The molecule has 6 heteroatoms. The van der Waals surface area contributed by atoms with Gasteiger partial charge < -0.3 is 29.9 Å². The molecule has 4 rings (SSSR count). The van der Waals surface area contributed by atoms with Gasteiger partial charge in [-0.05, 0) is 16.7 Å². The van der Waals surface area contributed by atoms with Gasteiger partial charge in [-0.25, -0.2) is 0 Å². The highest BCUT2D eigenvalue weighted by molar-refractivity contribution is 5.47. The minimum Gasteiger partial charge on any atom is -0.387 e. The molecule has 0 aromatic heterocycles. The fraction of sp³-hybridized carbons (Fsp3) is 0.280. The molecule has 1 fully saturated rings. The third-order valence-corrected chi connectivity index (χ3v) is 5.69. The number of hydrogen-bond donors (Lipinski definition) is 4. The Bertz CT molecular complexity index is 853. The first-order valence-corrected chi connectivity index (χ1v) is 10.2. The van der Waals surface area contributed by atoms with Gasteiger partial charge in [0.2, 0.25) is 0 Å². The van der Waals surface area contributed by atoms with Crippen molar-refractivity contribution in [2.75, 3.05) is 6.61 Å². The SMILES string of the molecule is O[C@@H]1[C@@H](O)[C@@H](O)O[C@H](COC(c2ccccc2)(c2ccccc2)c2ccccc2)[C@H]1O. The van der Waals surface area contributed by atoms with Crippen LogP contribution in [0.4, 0.5) is 0 Å². The molecule has 162 valence electrons. The van der Waals surface area contributed by atoms with Gasteiger partial charge in [0.1, 0.15) is 30.0 Å². The Morgan fingerprint density at radius 1 is 0.613 bits per heavy atom. The minimum atomic E-state index is -1.62. The Balaban J connectivity index is 1.78. The molecular weight excluding hydrogens is 396 g/mol. The molecular formula is C25H26O6. The van der Waals surface area contributed by atoms with Crippen LogP contribution >= 0.6 is 0 Å². The molecule has 0 saturated carbocycles. The molecule has 31 heavy (non-hydrogen) atoms. The van der Waals surface area contributed by atoms with Gasteiger partial charge in [-0.2, -0.15) is 0 Å². The molecule has 0 unspecified atom stereocenters. The zero-order valence-corrected chi connectivity index (χ0v) is 16.9. The Kier molecular flexibility index (Phi) is 6.48. The molecule has 6 nitrogen and oxygen atoms in total. The third kappa shape index (κ3) is 4.14. The molecule has 5 atom stereocenters. The van der Waals surface area contributed by atoms with E-state index in [0.29, 0.717) is 0 Å². The molecule has 1 heterocycles. The van der Waals surface area contributed by atoms with Crippen LogP contribution < -0.4 is 0 Å². The summed E-state index contributed by atoms with van der Waals surface area (Å²) < 4.78 is 11.9. The van der Waals surface area contributed by atoms with Crippen LogP contribution in [0.3, 0.4) is 0 Å². The number of benzene rings is 3. The molecule has 0 aliphatic carbocycles. The summed E-state index contributed by atoms with van der Waals surface area (Å²) in [6.45, 7) is -0.138. The van der Waals surface area contributed by atoms with Crippen LogP contribution in [0.15, 0.2) is 91.0 Å². The Morgan fingerprint density at radius 3 is 1.45 bits per heavy atom. The molecule has 3 aromatic carbocycles. The Labute approximate surface area is 180 Å². The molecule has 0 bridgehead atoms. The molecule has 1 aliphatic heterocycles. The van der Waals surface area contributed by atoms with Crippen molar-refractivity contribution in [3.63, 3.8) is 0 Å². The second-order valence-corrected chi connectivity index (χ2v) is 7.63. The number of ether oxygens (including phenoxy) is 2. The standard InChI is InChI=1S/C25H26O6/c26-21-20(31-24(29)23(28)22(21)27)16-30-25(17-10-4-1-5-11-17,18-12-6-2-7-13-18)19-14-8-3-9-15-19/h1-15,20-24,26-29H,16H2/t20-,21-,22+,23-,24+/m1/s1. The average Bonchev–Trinajstić information content (AvgIpc) is 2.83. The maximum atomic E-state index is 10.4. The summed E-state index contributed by atoms with van der Waals surface area (Å²) in [5, 5.41) is 40.2. The number of aliphatic hydroxyl groups excluding tert-OH is 4. The predicted octanol–water partition coefficient (Wildman–Crippen LogP) is 1.79. The van der Waals surface area contributed by atoms with E-state index in [9.17, 15) is 20.4 Å². The summed E-state index contributed by atoms with van der Waals surface area (Å²) in [7, 11) is 0. The first kappa shape index (κ1) is 21.6. The molecule has 0 radical (unpaired) electrons. The van der Waals surface area contributed by atoms with Crippen LogP contribution in [-0.4, -0.2) is 57.7 Å². The van der Waals surface area contributed by atoms with Gasteiger partial charge in [-0.15, -0.1) is 0 Å². The van der Waals surface area contributed by atoms with Crippen molar-refractivity contribution in [1.29, 1.82) is 0 Å². The quantitative estimate of drug-likeness (QED) is 0.452. The molecule has 3 aromatic rings. The van der Waals surface area contributed by atoms with Crippen molar-refractivity contribution in [3.05, 3.63) is 108 Å². The van der Waals surface area contributed by atoms with Crippen LogP contribution in [0, 0.1) is 0 Å². The van der Waals surface area contributed by atoms with E-state index in [4.69, 9.17) is 9.47 Å². The van der Waals surface area contributed by atoms with Gasteiger partial charge in [0, 0.05) is 0 Å². The lowest BCUT2D eigenvalue weighted by Gasteiger charge is -2.41. The van der Waals surface area contributed by atoms with Crippen LogP contribution in [0.25, 0.3) is 0 Å². The monoisotopic (exact) mass is 422 g/mol. The zero-order valence-electron chi connectivity index (χ0n) is 16.9. The van der Waals surface area contributed by atoms with E-state index in [-0.39, 0.29) is 6.61 Å². The Hall–Kier alpha value is -2.58. The highest BCUT2D eigenvalue weighted by Crippen LogP contribution is 2.41. The van der Waals surface area contributed by atoms with Gasteiger partial charge in [-0.1, -0.05) is 91.0 Å². The predicted molar refractivity (Wildman–Crippen MR) is 114 cm³/mol. The van der Waals surface area contributed by atoms with Crippen LogP contribution in [0.2, 0.25) is 0 Å². The zero-order chi connectivity index (χ0) is 21.8. The lowest BCUT2D eigenvalue weighted by Crippen LogP contribution is -2.59. The molecule has 0 amide bonds. The topological polar surface area (TPSA) is 99.4 Å². The first-order chi connectivity index (χ1) is 15.0. The summed E-state index contributed by atoms with van der Waals surface area (Å²) >= 11 is 0. The molecule has 4 N–H and O–H groups in total. The highest BCUT2D eigenvalue weighted by atomic mass is 16.6. The van der Waals surface area contributed by atoms with E-state index < -0.39 is 36.3 Å². The van der Waals surface area contributed by atoms with Gasteiger partial charge in [0.05, 0.1) is 6.61 Å². The van der Waals surface area contributed by atoms with Gasteiger partial charge >= 0.3 is 0 Å². The van der Waals surface area contributed by atoms with Gasteiger partial charge in [-0.3, -0.25) is 0 Å². The largest absolute Gasteiger partial charge is 0.387 e. The average molecular weight is 422 g/mol. The second kappa shape index (κ2) is 9.28. The Morgan fingerprint density at radius 2 is 1.03 bits per heavy atom. The van der Waals surface area contributed by atoms with E-state index in [0.717, 1.165) is 16.7 Å². The maximum Gasteiger partial charge on any atom is 0.184 e. The van der Waals surface area contributed by atoms with Crippen molar-refractivity contribution in [2.24, 2.45) is 0 Å². The molecule has 1 aliphatic rings. The summed E-state index contributed by atoms with van der Waals surface area (Å²) in [6.07, 6.45) is -7.21. The van der Waals surface area contributed by atoms with Gasteiger partial charge in [0.15, 0.2) is 6.29 Å². The summed E-state index contributed by atoms with van der Waals surface area (Å²) in [5.74, 6) is 0. The van der Waals surface area contributed by atoms with Gasteiger partial charge in [0.25, 0.3) is 0 Å². The lowest BCUT2D eigenvalue weighted by atomic mass is 9.80. The fourth-order valence-corrected chi connectivity index (χ4v) is 4.04. The van der Waals surface area contributed by atoms with Crippen molar-refractivity contribution < 1.29 is 29.9 Å². The van der Waals surface area contributed by atoms with Crippen LogP contribution in [0.1, 0.15) is 16.7 Å². The third-order valence-electron chi connectivity index (χ3n) is 5.69. The smallest absolute Gasteiger partial charge is 0.184 e. The minimum absolute atomic E-state index is 0.138. The van der Waals surface area contributed by atoms with Crippen molar-refractivity contribution in [2.45, 2.75) is 36.3 Å². The van der Waals surface area contributed by atoms with E-state index >= 15 is 0 Å². The van der Waals surface area contributed by atoms with Crippen LogP contribution in [0.5, 0.6) is 0 Å². The fourth-order valence-electron chi connectivity index (χ4n) is 4.04. The van der Waals surface area contributed by atoms with Crippen LogP contribution in [-0.2, 0) is 15.1 Å². The van der Waals surface area contributed by atoms with E-state index in [1.807, 2.05) is 91.0 Å². The molecule has 0 spiro atoms. The normalized spacial score (nSPS) is 26.5. The lowest BCUT2D eigenvalue weighted by molar-refractivity contribution is -0.291. The van der Waals surface area contributed by atoms with Crippen molar-refractivity contribution >= 4 is 0 Å². The highest BCUT2D eigenvalue weighted by Gasteiger charge is 2.45. The van der Waals surface area contributed by atoms with E-state index in [1.54, 1.807) is 0 Å². The maximum absolute atomic E-state index is 10.4. The summed E-state index contributed by atoms with van der Waals surface area (Å²) in [6, 6.07) is 29.1. The summed E-state index contributed by atoms with van der Waals surface area (Å²) in [4.78, 5) is 0. The molecule has 1 saturated heterocycles. The van der Waals surface area contributed by atoms with Crippen molar-refractivity contribution in [1.82, 2.24) is 0 Å². The number of aliphatic hydroxyl groups is 4.